The minimum Gasteiger partial charge on any atom is -0.352 e. The summed E-state index contributed by atoms with van der Waals surface area (Å²) >= 11 is 0. The fourth-order valence-corrected chi connectivity index (χ4v) is 6.15. The molecule has 1 unspecified atom stereocenters. The van der Waals surface area contributed by atoms with Crippen LogP contribution in [0.4, 0.5) is 5.69 Å². The molecule has 3 aliphatic rings. The van der Waals surface area contributed by atoms with Crippen LogP contribution in [0, 0.1) is 5.92 Å². The Kier molecular flexibility index (Phi) is 6.91. The highest BCUT2D eigenvalue weighted by Gasteiger charge is 2.40. The molecule has 32 heavy (non-hydrogen) atoms. The molecule has 2 fully saturated rings. The number of hydrogen-bond acceptors (Lipinski definition) is 4. The van der Waals surface area contributed by atoms with Crippen LogP contribution < -0.4 is 10.2 Å². The fourth-order valence-electron chi connectivity index (χ4n) is 4.97. The molecule has 0 spiro atoms. The van der Waals surface area contributed by atoms with Gasteiger partial charge in [-0.3, -0.25) is 9.59 Å². The summed E-state index contributed by atoms with van der Waals surface area (Å²) in [6.07, 6.45) is 10.3. The third-order valence-electron chi connectivity index (χ3n) is 6.98. The van der Waals surface area contributed by atoms with E-state index >= 15 is 0 Å². The van der Waals surface area contributed by atoms with E-state index in [-0.39, 0.29) is 41.3 Å². The number of carbonyl (C=O) groups excluding carboxylic acids is 2. The number of nitrogens with one attached hydrogen (secondary N) is 1. The lowest BCUT2D eigenvalue weighted by atomic mass is 9.97. The topological polar surface area (TPSA) is 86.8 Å². The highest BCUT2D eigenvalue weighted by molar-refractivity contribution is 7.89. The SMILES string of the molecule is CC1Cc2cc(S(=O)(=O)N(C)CC(=O)NC3CCCCCCC3)ccc2N1C(=O)C1CC1. The van der Waals surface area contributed by atoms with Gasteiger partial charge in [-0.25, -0.2) is 8.42 Å². The van der Waals surface area contributed by atoms with Crippen LogP contribution >= 0.6 is 0 Å². The minimum absolute atomic E-state index is 0.0309. The van der Waals surface area contributed by atoms with Gasteiger partial charge in [-0.2, -0.15) is 4.31 Å². The molecule has 2 amide bonds. The van der Waals surface area contributed by atoms with Gasteiger partial charge in [-0.15, -0.1) is 0 Å². The number of anilines is 1. The predicted molar refractivity (Wildman–Crippen MR) is 124 cm³/mol. The maximum atomic E-state index is 13.1. The van der Waals surface area contributed by atoms with E-state index in [1.165, 1.54) is 26.3 Å². The van der Waals surface area contributed by atoms with Crippen molar-refractivity contribution in [1.29, 1.82) is 0 Å². The molecule has 2 saturated carbocycles. The Labute approximate surface area is 191 Å². The van der Waals surface area contributed by atoms with Crippen molar-refractivity contribution in [2.45, 2.75) is 88.1 Å². The lowest BCUT2D eigenvalue weighted by Gasteiger charge is -2.23. The minimum atomic E-state index is -3.80. The van der Waals surface area contributed by atoms with E-state index in [2.05, 4.69) is 5.32 Å². The number of amides is 2. The van der Waals surface area contributed by atoms with Crippen LogP contribution in [0.1, 0.15) is 70.3 Å². The largest absolute Gasteiger partial charge is 0.352 e. The monoisotopic (exact) mass is 461 g/mol. The highest BCUT2D eigenvalue weighted by atomic mass is 32.2. The van der Waals surface area contributed by atoms with E-state index in [1.807, 2.05) is 11.8 Å². The van der Waals surface area contributed by atoms with Gasteiger partial charge in [0.2, 0.25) is 21.8 Å². The second-order valence-corrected chi connectivity index (χ2v) is 11.7. The van der Waals surface area contributed by atoms with Gasteiger partial charge >= 0.3 is 0 Å². The van der Waals surface area contributed by atoms with Gasteiger partial charge in [0.15, 0.2) is 0 Å². The summed E-state index contributed by atoms with van der Waals surface area (Å²) in [5, 5.41) is 3.03. The zero-order chi connectivity index (χ0) is 22.9. The van der Waals surface area contributed by atoms with E-state index < -0.39 is 10.0 Å². The summed E-state index contributed by atoms with van der Waals surface area (Å²) < 4.78 is 27.4. The maximum absolute atomic E-state index is 13.1. The van der Waals surface area contributed by atoms with Crippen molar-refractivity contribution in [2.24, 2.45) is 5.92 Å². The number of sulfonamides is 1. The normalized spacial score (nSPS) is 22.3. The van der Waals surface area contributed by atoms with Crippen LogP contribution in [0.5, 0.6) is 0 Å². The molecule has 8 heteroatoms. The van der Waals surface area contributed by atoms with E-state index in [0.29, 0.717) is 6.42 Å². The molecule has 176 valence electrons. The van der Waals surface area contributed by atoms with Crippen molar-refractivity contribution >= 4 is 27.5 Å². The first-order valence-corrected chi connectivity index (χ1v) is 13.4. The summed E-state index contributed by atoms with van der Waals surface area (Å²) in [5.41, 5.74) is 1.69. The fraction of sp³-hybridized carbons (Fsp3) is 0.667. The summed E-state index contributed by atoms with van der Waals surface area (Å²) in [5.74, 6) is 0.0155. The molecule has 2 aliphatic carbocycles. The smallest absolute Gasteiger partial charge is 0.243 e. The molecule has 7 nitrogen and oxygen atoms in total. The van der Waals surface area contributed by atoms with Gasteiger partial charge in [0, 0.05) is 30.7 Å². The number of benzene rings is 1. The summed E-state index contributed by atoms with van der Waals surface area (Å²) in [7, 11) is -2.35. The number of fused-ring (bicyclic) bond motifs is 1. The third-order valence-corrected chi connectivity index (χ3v) is 8.77. The Bertz CT molecular complexity index is 965. The van der Waals surface area contributed by atoms with E-state index in [9.17, 15) is 18.0 Å². The van der Waals surface area contributed by atoms with Crippen molar-refractivity contribution in [3.63, 3.8) is 0 Å². The first kappa shape index (κ1) is 23.2. The average molecular weight is 462 g/mol. The number of likely N-dealkylation sites (N-methyl/N-ethyl adjacent to an activating group) is 1. The van der Waals surface area contributed by atoms with Crippen molar-refractivity contribution in [3.8, 4) is 0 Å². The number of rotatable bonds is 6. The standard InChI is InChI=1S/C24H35N3O4S/c1-17-14-19-15-21(12-13-22(19)27(17)24(29)18-10-11-18)32(30,31)26(2)16-23(28)25-20-8-6-4-3-5-7-9-20/h12-13,15,17-18,20H,3-11,14,16H2,1-2H3,(H,25,28). The van der Waals surface area contributed by atoms with Gasteiger partial charge in [0.25, 0.3) is 0 Å². The molecule has 4 rings (SSSR count). The molecule has 1 aliphatic heterocycles. The van der Waals surface area contributed by atoms with Crippen molar-refractivity contribution in [3.05, 3.63) is 23.8 Å². The van der Waals surface area contributed by atoms with Crippen molar-refractivity contribution in [1.82, 2.24) is 9.62 Å². The molecule has 0 saturated heterocycles. The quantitative estimate of drug-likeness (QED) is 0.705. The van der Waals surface area contributed by atoms with Crippen LogP contribution in [0.25, 0.3) is 0 Å². The molecule has 1 aromatic carbocycles. The zero-order valence-electron chi connectivity index (χ0n) is 19.2. The highest BCUT2D eigenvalue weighted by Crippen LogP contribution is 2.39. The Morgan fingerprint density at radius 1 is 1.06 bits per heavy atom. The van der Waals surface area contributed by atoms with E-state index in [0.717, 1.165) is 54.1 Å². The van der Waals surface area contributed by atoms with Crippen LogP contribution in [-0.4, -0.2) is 50.2 Å². The molecule has 0 radical (unpaired) electrons. The first-order valence-electron chi connectivity index (χ1n) is 12.0. The third kappa shape index (κ3) is 5.01. The van der Waals surface area contributed by atoms with Crippen molar-refractivity contribution in [2.75, 3.05) is 18.5 Å². The molecule has 0 aromatic heterocycles. The van der Waals surface area contributed by atoms with Crippen molar-refractivity contribution < 1.29 is 18.0 Å². The van der Waals surface area contributed by atoms with Crippen LogP contribution in [0.2, 0.25) is 0 Å². The second-order valence-electron chi connectivity index (χ2n) is 9.70. The van der Waals surface area contributed by atoms with Gasteiger partial charge < -0.3 is 10.2 Å². The molecular weight excluding hydrogens is 426 g/mol. The molecular formula is C24H35N3O4S. The van der Waals surface area contributed by atoms with Crippen LogP contribution in [0.3, 0.4) is 0 Å². The summed E-state index contributed by atoms with van der Waals surface area (Å²) in [6, 6.07) is 5.14. The molecule has 0 bridgehead atoms. The van der Waals surface area contributed by atoms with E-state index in [1.54, 1.807) is 18.2 Å². The lowest BCUT2D eigenvalue weighted by Crippen LogP contribution is -2.42. The Balaban J connectivity index is 1.42. The lowest BCUT2D eigenvalue weighted by molar-refractivity contribution is -0.122. The van der Waals surface area contributed by atoms with E-state index in [4.69, 9.17) is 0 Å². The first-order chi connectivity index (χ1) is 15.3. The van der Waals surface area contributed by atoms with Gasteiger partial charge in [0.1, 0.15) is 0 Å². The second kappa shape index (κ2) is 9.51. The predicted octanol–water partition coefficient (Wildman–Crippen LogP) is 3.22. The Hall–Kier alpha value is -1.93. The summed E-state index contributed by atoms with van der Waals surface area (Å²) in [4.78, 5) is 27.2. The number of carbonyl (C=O) groups is 2. The average Bonchev–Trinajstić information content (AvgIpc) is 3.51. The van der Waals surface area contributed by atoms with Gasteiger partial charge in [0.05, 0.1) is 11.4 Å². The number of nitrogens with zero attached hydrogens (tertiary/aromatic N) is 2. The van der Waals surface area contributed by atoms with Gasteiger partial charge in [-0.1, -0.05) is 32.1 Å². The molecule has 1 N–H and O–H groups in total. The van der Waals surface area contributed by atoms with Crippen LogP contribution in [0.15, 0.2) is 23.1 Å². The maximum Gasteiger partial charge on any atom is 0.243 e. The van der Waals surface area contributed by atoms with Crippen LogP contribution in [-0.2, 0) is 26.0 Å². The number of hydrogen-bond donors (Lipinski definition) is 1. The molecule has 1 heterocycles. The Morgan fingerprint density at radius 2 is 1.72 bits per heavy atom. The Morgan fingerprint density at radius 3 is 2.38 bits per heavy atom. The summed E-state index contributed by atoms with van der Waals surface area (Å²) in [6.45, 7) is 1.80. The molecule has 1 atom stereocenters. The zero-order valence-corrected chi connectivity index (χ0v) is 20.0. The van der Waals surface area contributed by atoms with Gasteiger partial charge in [-0.05, 0) is 62.8 Å². The molecule has 1 aromatic rings.